The third kappa shape index (κ3) is 13.3. The van der Waals surface area contributed by atoms with Crippen LogP contribution in [0, 0.1) is 11.8 Å². The molecule has 0 aliphatic carbocycles. The van der Waals surface area contributed by atoms with Gasteiger partial charge >= 0.3 is 0 Å². The molecule has 2 amide bonds. The first kappa shape index (κ1) is 27.0. The predicted octanol–water partition coefficient (Wildman–Crippen LogP) is 4.37. The van der Waals surface area contributed by atoms with E-state index in [2.05, 4.69) is 31.4 Å². The summed E-state index contributed by atoms with van der Waals surface area (Å²) in [5.41, 5.74) is 0. The predicted molar refractivity (Wildman–Crippen MR) is 122 cm³/mol. The number of amides is 2. The first-order valence-corrected chi connectivity index (χ1v) is 12.2. The smallest absolute Gasteiger partial charge is 0.222 e. The zero-order valence-corrected chi connectivity index (χ0v) is 20.1. The van der Waals surface area contributed by atoms with Crippen molar-refractivity contribution in [3.05, 3.63) is 12.2 Å². The Balaban J connectivity index is 4.01. The quantitative estimate of drug-likeness (QED) is 0.316. The fourth-order valence-electron chi connectivity index (χ4n) is 2.17. The van der Waals surface area contributed by atoms with Gasteiger partial charge in [0.15, 0.2) is 0 Å². The molecule has 0 radical (unpaired) electrons. The van der Waals surface area contributed by atoms with E-state index in [9.17, 15) is 14.4 Å². The fraction of sp³-hybridized carbons (Fsp3) is 0.762. The molecule has 0 rings (SSSR count). The molecule has 0 heterocycles. The minimum Gasteiger partial charge on any atom is -0.356 e. The summed E-state index contributed by atoms with van der Waals surface area (Å²) in [5, 5.41) is 6.14. The summed E-state index contributed by atoms with van der Waals surface area (Å²) in [6, 6.07) is 0. The lowest BCUT2D eigenvalue weighted by Crippen LogP contribution is -2.38. The van der Waals surface area contributed by atoms with Gasteiger partial charge in [-0.25, -0.2) is 0 Å². The molecule has 0 aromatic rings. The van der Waals surface area contributed by atoms with Crippen LogP contribution >= 0.6 is 21.6 Å². The summed E-state index contributed by atoms with van der Waals surface area (Å²) in [6.07, 6.45) is 5.35. The zero-order valence-electron chi connectivity index (χ0n) is 18.5. The zero-order chi connectivity index (χ0) is 21.7. The first-order valence-electron chi connectivity index (χ1n) is 10.0. The second-order valence-corrected chi connectivity index (χ2v) is 11.4. The minimum atomic E-state index is -0.0935. The number of carbonyl (C=O) groups is 3. The number of allylic oxidation sites excluding steroid dienone is 2. The highest BCUT2D eigenvalue weighted by molar-refractivity contribution is 8.77. The van der Waals surface area contributed by atoms with Crippen molar-refractivity contribution >= 4 is 39.2 Å². The molecule has 0 aromatic carbocycles. The fourth-order valence-corrected chi connectivity index (χ4v) is 4.68. The van der Waals surface area contributed by atoms with Crippen molar-refractivity contribution in [1.82, 2.24) is 10.6 Å². The van der Waals surface area contributed by atoms with Crippen molar-refractivity contribution in [2.75, 3.05) is 13.1 Å². The molecule has 0 spiro atoms. The standard InChI is InChI=1S/C21H38N2O3S2/c1-8-9-16(4)18(24)12-13-22-19(25)11-10-17(5)27-28-21(6,7)14-23-20(26)15(2)3/h8-9,15-17H,10-14H2,1-7H3,(H,22,25)(H,23,26). The van der Waals surface area contributed by atoms with Gasteiger partial charge in [0.05, 0.1) is 0 Å². The number of hydrogen-bond donors (Lipinski definition) is 2. The van der Waals surface area contributed by atoms with E-state index in [0.29, 0.717) is 31.2 Å². The molecule has 5 nitrogen and oxygen atoms in total. The Bertz CT molecular complexity index is 534. The van der Waals surface area contributed by atoms with Crippen LogP contribution in [0.3, 0.4) is 0 Å². The summed E-state index contributed by atoms with van der Waals surface area (Å²) in [6.45, 7) is 14.9. The average molecular weight is 431 g/mol. The van der Waals surface area contributed by atoms with Crippen LogP contribution < -0.4 is 10.6 Å². The molecule has 7 heteroatoms. The van der Waals surface area contributed by atoms with E-state index in [-0.39, 0.29) is 34.2 Å². The molecule has 2 atom stereocenters. The summed E-state index contributed by atoms with van der Waals surface area (Å²) in [4.78, 5) is 35.5. The molecular formula is C21H38N2O3S2. The Morgan fingerprint density at radius 1 is 1.04 bits per heavy atom. The number of hydrogen-bond acceptors (Lipinski definition) is 5. The monoisotopic (exact) mass is 430 g/mol. The Hall–Kier alpha value is -0.950. The van der Waals surface area contributed by atoms with Crippen LogP contribution in [0.25, 0.3) is 0 Å². The molecule has 0 aliphatic rings. The van der Waals surface area contributed by atoms with Crippen LogP contribution in [0.2, 0.25) is 0 Å². The lowest BCUT2D eigenvalue weighted by Gasteiger charge is -2.25. The molecule has 0 fully saturated rings. The Labute approximate surface area is 179 Å². The van der Waals surface area contributed by atoms with Gasteiger partial charge in [0.1, 0.15) is 5.78 Å². The lowest BCUT2D eigenvalue weighted by atomic mass is 10.0. The third-order valence-electron chi connectivity index (χ3n) is 4.11. The SMILES string of the molecule is CC=CC(C)C(=O)CCNC(=O)CCC(C)SSC(C)(C)CNC(=O)C(C)C. The second-order valence-electron chi connectivity index (χ2n) is 8.04. The van der Waals surface area contributed by atoms with Crippen molar-refractivity contribution in [2.24, 2.45) is 11.8 Å². The third-order valence-corrected chi connectivity index (χ3v) is 7.99. The first-order chi connectivity index (χ1) is 13.0. The Morgan fingerprint density at radius 3 is 2.25 bits per heavy atom. The number of nitrogens with one attached hydrogen (secondary N) is 2. The van der Waals surface area contributed by atoms with Crippen molar-refractivity contribution < 1.29 is 14.4 Å². The van der Waals surface area contributed by atoms with Gasteiger partial charge in [-0.1, -0.05) is 61.4 Å². The topological polar surface area (TPSA) is 75.3 Å². The van der Waals surface area contributed by atoms with Gasteiger partial charge in [-0.2, -0.15) is 0 Å². The molecule has 0 aromatic heterocycles. The van der Waals surface area contributed by atoms with E-state index in [0.717, 1.165) is 6.42 Å². The van der Waals surface area contributed by atoms with Gasteiger partial charge in [0.2, 0.25) is 11.8 Å². The van der Waals surface area contributed by atoms with Gasteiger partial charge in [0, 0.05) is 47.8 Å². The summed E-state index contributed by atoms with van der Waals surface area (Å²) in [5.74, 6) is 0.108. The highest BCUT2D eigenvalue weighted by Crippen LogP contribution is 2.39. The van der Waals surface area contributed by atoms with Gasteiger partial charge in [-0.15, -0.1) is 0 Å². The van der Waals surface area contributed by atoms with E-state index in [4.69, 9.17) is 0 Å². The lowest BCUT2D eigenvalue weighted by molar-refractivity contribution is -0.124. The van der Waals surface area contributed by atoms with Crippen LogP contribution in [0.5, 0.6) is 0 Å². The van der Waals surface area contributed by atoms with Crippen LogP contribution in [0.15, 0.2) is 12.2 Å². The average Bonchev–Trinajstić information content (AvgIpc) is 2.62. The van der Waals surface area contributed by atoms with Crippen molar-refractivity contribution in [3.63, 3.8) is 0 Å². The van der Waals surface area contributed by atoms with Crippen molar-refractivity contribution in [1.29, 1.82) is 0 Å². The van der Waals surface area contributed by atoms with Gasteiger partial charge in [-0.3, -0.25) is 14.4 Å². The molecular weight excluding hydrogens is 392 g/mol. The van der Waals surface area contributed by atoms with E-state index < -0.39 is 0 Å². The molecule has 2 N–H and O–H groups in total. The molecule has 0 saturated carbocycles. The Morgan fingerprint density at radius 2 is 1.68 bits per heavy atom. The van der Waals surface area contributed by atoms with E-state index in [1.807, 2.05) is 39.8 Å². The number of ketones is 1. The maximum Gasteiger partial charge on any atom is 0.222 e. The van der Waals surface area contributed by atoms with Gasteiger partial charge in [0.25, 0.3) is 0 Å². The molecule has 2 unspecified atom stereocenters. The van der Waals surface area contributed by atoms with E-state index in [1.165, 1.54) is 0 Å². The largest absolute Gasteiger partial charge is 0.356 e. The highest BCUT2D eigenvalue weighted by atomic mass is 33.1. The molecule has 0 bridgehead atoms. The number of Topliss-reactive ketones (excluding diaryl/α,β-unsaturated/α-hetero) is 1. The molecule has 0 aliphatic heterocycles. The van der Waals surface area contributed by atoms with Crippen LogP contribution in [-0.2, 0) is 14.4 Å². The van der Waals surface area contributed by atoms with Crippen LogP contribution in [0.4, 0.5) is 0 Å². The maximum atomic E-state index is 12.0. The molecule has 0 saturated heterocycles. The summed E-state index contributed by atoms with van der Waals surface area (Å²) in [7, 11) is 3.49. The molecule has 28 heavy (non-hydrogen) atoms. The Kier molecular flexibility index (Phi) is 13.6. The second kappa shape index (κ2) is 14.1. The van der Waals surface area contributed by atoms with E-state index >= 15 is 0 Å². The highest BCUT2D eigenvalue weighted by Gasteiger charge is 2.22. The summed E-state index contributed by atoms with van der Waals surface area (Å²) >= 11 is 0. The van der Waals surface area contributed by atoms with Crippen LogP contribution in [-0.4, -0.2) is 40.7 Å². The maximum absolute atomic E-state index is 12.0. The minimum absolute atomic E-state index is 0.00694. The van der Waals surface area contributed by atoms with Gasteiger partial charge in [-0.05, 0) is 27.2 Å². The molecule has 162 valence electrons. The van der Waals surface area contributed by atoms with E-state index in [1.54, 1.807) is 21.6 Å². The number of carbonyl (C=O) groups excluding carboxylic acids is 3. The van der Waals surface area contributed by atoms with Crippen molar-refractivity contribution in [2.45, 2.75) is 77.7 Å². The number of rotatable bonds is 14. The van der Waals surface area contributed by atoms with Crippen LogP contribution in [0.1, 0.15) is 67.7 Å². The van der Waals surface area contributed by atoms with Crippen molar-refractivity contribution in [3.8, 4) is 0 Å². The summed E-state index contributed by atoms with van der Waals surface area (Å²) < 4.78 is -0.0737. The van der Waals surface area contributed by atoms with Gasteiger partial charge < -0.3 is 10.6 Å². The normalized spacial score (nSPS) is 14.1.